The van der Waals surface area contributed by atoms with Crippen molar-refractivity contribution < 1.29 is 4.42 Å². The highest BCUT2D eigenvalue weighted by Gasteiger charge is 2.21. The van der Waals surface area contributed by atoms with Crippen LogP contribution in [0.2, 0.25) is 0 Å². The minimum atomic E-state index is 0.912. The largest absolute Gasteiger partial charge is 0.456 e. The van der Waals surface area contributed by atoms with Gasteiger partial charge in [-0.05, 0) is 101 Å². The summed E-state index contributed by atoms with van der Waals surface area (Å²) in [4.78, 5) is 0. The molecule has 1 heterocycles. The van der Waals surface area contributed by atoms with Gasteiger partial charge in [-0.3, -0.25) is 0 Å². The lowest BCUT2D eigenvalue weighted by Gasteiger charge is -2.19. The minimum absolute atomic E-state index is 0.912. The summed E-state index contributed by atoms with van der Waals surface area (Å²) in [5, 5.41) is 9.74. The Balaban J connectivity index is 1.21. The Morgan fingerprint density at radius 2 is 0.796 bits per heavy atom. The molecular weight excluding hydrogens is 593 g/mol. The molecule has 9 aromatic carbocycles. The van der Waals surface area contributed by atoms with E-state index in [0.717, 1.165) is 21.9 Å². The summed E-state index contributed by atoms with van der Waals surface area (Å²) in [7, 11) is 0. The van der Waals surface area contributed by atoms with Crippen molar-refractivity contribution in [1.82, 2.24) is 0 Å². The molecule has 0 bridgehead atoms. The lowest BCUT2D eigenvalue weighted by molar-refractivity contribution is 0.669. The number of hydrogen-bond acceptors (Lipinski definition) is 1. The highest BCUT2D eigenvalue weighted by Crippen LogP contribution is 2.48. The summed E-state index contributed by atoms with van der Waals surface area (Å²) in [6.07, 6.45) is 0. The molecule has 0 saturated carbocycles. The molecule has 0 unspecified atom stereocenters. The second-order valence-corrected chi connectivity index (χ2v) is 12.8. The fourth-order valence-electron chi connectivity index (χ4n) is 7.88. The van der Waals surface area contributed by atoms with Crippen LogP contribution in [-0.2, 0) is 0 Å². The first-order chi connectivity index (χ1) is 24.3. The Labute approximate surface area is 284 Å². The summed E-state index contributed by atoms with van der Waals surface area (Å²) in [5.41, 5.74) is 11.7. The molecule has 0 aliphatic rings. The first-order valence-corrected chi connectivity index (χ1v) is 16.8. The molecule has 49 heavy (non-hydrogen) atoms. The standard InChI is InChI=1S/C48H30O/c1-2-13-31(14-3-1)32-15-10-16-33(29-32)34-27-28-36-35(30-34)17-11-23-37(36)46-38-18-4-6-20-40(38)47(41-21-7-5-19-39(41)46)43-24-12-26-45-48(43)42-22-8-9-25-44(42)49-45/h1-30H. The maximum absolute atomic E-state index is 6.35. The lowest BCUT2D eigenvalue weighted by atomic mass is 9.83. The van der Waals surface area contributed by atoms with Crippen molar-refractivity contribution in [2.45, 2.75) is 0 Å². The third-order valence-electron chi connectivity index (χ3n) is 10.1. The Hall–Kier alpha value is -6.44. The fraction of sp³-hybridized carbons (Fsp3) is 0. The van der Waals surface area contributed by atoms with Crippen LogP contribution in [0.3, 0.4) is 0 Å². The first-order valence-electron chi connectivity index (χ1n) is 16.8. The molecule has 0 N–H and O–H groups in total. The summed E-state index contributed by atoms with van der Waals surface area (Å²) in [6, 6.07) is 65.7. The Bertz CT molecular complexity index is 2820. The minimum Gasteiger partial charge on any atom is -0.456 e. The van der Waals surface area contributed by atoms with E-state index in [1.165, 1.54) is 76.8 Å². The van der Waals surface area contributed by atoms with Gasteiger partial charge in [0.1, 0.15) is 11.2 Å². The third-order valence-corrected chi connectivity index (χ3v) is 10.1. The highest BCUT2D eigenvalue weighted by atomic mass is 16.3. The second-order valence-electron chi connectivity index (χ2n) is 12.8. The molecule has 0 radical (unpaired) electrons. The molecule has 0 fully saturated rings. The quantitative estimate of drug-likeness (QED) is 0.178. The van der Waals surface area contributed by atoms with Gasteiger partial charge in [0.15, 0.2) is 0 Å². The number of furan rings is 1. The Morgan fingerprint density at radius 1 is 0.286 bits per heavy atom. The average Bonchev–Trinajstić information content (AvgIpc) is 3.56. The molecule has 10 aromatic rings. The van der Waals surface area contributed by atoms with Crippen LogP contribution in [0.5, 0.6) is 0 Å². The monoisotopic (exact) mass is 622 g/mol. The van der Waals surface area contributed by atoms with Gasteiger partial charge in [0.2, 0.25) is 0 Å². The van der Waals surface area contributed by atoms with E-state index < -0.39 is 0 Å². The molecular formula is C48H30O. The van der Waals surface area contributed by atoms with E-state index in [4.69, 9.17) is 4.42 Å². The van der Waals surface area contributed by atoms with Crippen LogP contribution in [0.4, 0.5) is 0 Å². The molecule has 0 amide bonds. The van der Waals surface area contributed by atoms with Crippen molar-refractivity contribution in [3.05, 3.63) is 182 Å². The number of fused-ring (bicyclic) bond motifs is 6. The van der Waals surface area contributed by atoms with E-state index in [0.29, 0.717) is 0 Å². The van der Waals surface area contributed by atoms with Crippen LogP contribution in [-0.4, -0.2) is 0 Å². The second kappa shape index (κ2) is 11.1. The zero-order valence-electron chi connectivity index (χ0n) is 26.7. The summed E-state index contributed by atoms with van der Waals surface area (Å²) < 4.78 is 6.35. The van der Waals surface area contributed by atoms with Gasteiger partial charge < -0.3 is 4.42 Å². The van der Waals surface area contributed by atoms with Gasteiger partial charge >= 0.3 is 0 Å². The van der Waals surface area contributed by atoms with Crippen LogP contribution < -0.4 is 0 Å². The van der Waals surface area contributed by atoms with Crippen LogP contribution in [0.25, 0.3) is 98.8 Å². The fourth-order valence-corrected chi connectivity index (χ4v) is 7.88. The van der Waals surface area contributed by atoms with Crippen LogP contribution in [0, 0.1) is 0 Å². The number of rotatable bonds is 4. The van der Waals surface area contributed by atoms with Gasteiger partial charge in [-0.15, -0.1) is 0 Å². The number of hydrogen-bond donors (Lipinski definition) is 0. The molecule has 1 heteroatoms. The van der Waals surface area contributed by atoms with E-state index in [2.05, 4.69) is 176 Å². The normalized spacial score (nSPS) is 11.7. The number of benzene rings is 9. The Morgan fingerprint density at radius 3 is 1.53 bits per heavy atom. The zero-order valence-corrected chi connectivity index (χ0v) is 26.7. The predicted molar refractivity (Wildman–Crippen MR) is 208 cm³/mol. The molecule has 0 aliphatic carbocycles. The Kier molecular flexibility index (Phi) is 6.25. The maximum Gasteiger partial charge on any atom is 0.136 e. The van der Waals surface area contributed by atoms with E-state index in [1.54, 1.807) is 0 Å². The van der Waals surface area contributed by atoms with Gasteiger partial charge in [-0.1, -0.05) is 158 Å². The van der Waals surface area contributed by atoms with Crippen molar-refractivity contribution in [3.63, 3.8) is 0 Å². The van der Waals surface area contributed by atoms with Gasteiger partial charge in [0.25, 0.3) is 0 Å². The van der Waals surface area contributed by atoms with E-state index >= 15 is 0 Å². The summed E-state index contributed by atoms with van der Waals surface area (Å²) in [5.74, 6) is 0. The van der Waals surface area contributed by atoms with Crippen molar-refractivity contribution in [2.75, 3.05) is 0 Å². The average molecular weight is 623 g/mol. The van der Waals surface area contributed by atoms with Crippen molar-refractivity contribution in [2.24, 2.45) is 0 Å². The first kappa shape index (κ1) is 27.7. The maximum atomic E-state index is 6.35. The lowest BCUT2D eigenvalue weighted by Crippen LogP contribution is -1.92. The topological polar surface area (TPSA) is 13.1 Å². The predicted octanol–water partition coefficient (Wildman–Crippen LogP) is 13.7. The molecule has 1 nitrogen and oxygen atoms in total. The summed E-state index contributed by atoms with van der Waals surface area (Å²) in [6.45, 7) is 0. The molecule has 0 saturated heterocycles. The molecule has 1 aromatic heterocycles. The van der Waals surface area contributed by atoms with Crippen molar-refractivity contribution in [3.8, 4) is 44.5 Å². The van der Waals surface area contributed by atoms with E-state index in [1.807, 2.05) is 6.07 Å². The van der Waals surface area contributed by atoms with Crippen LogP contribution >= 0.6 is 0 Å². The zero-order chi connectivity index (χ0) is 32.3. The van der Waals surface area contributed by atoms with Crippen molar-refractivity contribution >= 4 is 54.3 Å². The van der Waals surface area contributed by atoms with Crippen molar-refractivity contribution in [1.29, 1.82) is 0 Å². The summed E-state index contributed by atoms with van der Waals surface area (Å²) >= 11 is 0. The van der Waals surface area contributed by atoms with Crippen LogP contribution in [0.1, 0.15) is 0 Å². The van der Waals surface area contributed by atoms with Gasteiger partial charge in [0, 0.05) is 10.8 Å². The SMILES string of the molecule is c1ccc(-c2cccc(-c3ccc4c(-c5c6ccccc6c(-c6cccc7oc8ccccc8c67)c6ccccc56)cccc4c3)c2)cc1. The number of para-hydroxylation sites is 1. The molecule has 0 atom stereocenters. The van der Waals surface area contributed by atoms with E-state index in [9.17, 15) is 0 Å². The smallest absolute Gasteiger partial charge is 0.136 e. The molecule has 0 spiro atoms. The highest BCUT2D eigenvalue weighted by molar-refractivity contribution is 6.27. The third kappa shape index (κ3) is 4.40. The van der Waals surface area contributed by atoms with Gasteiger partial charge in [0.05, 0.1) is 0 Å². The van der Waals surface area contributed by atoms with Gasteiger partial charge in [-0.25, -0.2) is 0 Å². The van der Waals surface area contributed by atoms with Gasteiger partial charge in [-0.2, -0.15) is 0 Å². The molecule has 10 rings (SSSR count). The van der Waals surface area contributed by atoms with E-state index in [-0.39, 0.29) is 0 Å². The molecule has 228 valence electrons. The molecule has 0 aliphatic heterocycles. The van der Waals surface area contributed by atoms with Crippen LogP contribution in [0.15, 0.2) is 186 Å².